The third-order valence-electron chi connectivity index (χ3n) is 3.64. The van der Waals surface area contributed by atoms with Gasteiger partial charge in [-0.25, -0.2) is 0 Å². The monoisotopic (exact) mass is 265 g/mol. The molecule has 0 aliphatic carbocycles. The molecule has 1 atom stereocenters. The highest BCUT2D eigenvalue weighted by Crippen LogP contribution is 2.31. The molecular weight excluding hydrogens is 242 g/mol. The minimum absolute atomic E-state index is 0.540. The van der Waals surface area contributed by atoms with Crippen LogP contribution in [0.3, 0.4) is 0 Å². The summed E-state index contributed by atoms with van der Waals surface area (Å²) in [5.41, 5.74) is 2.37. The Morgan fingerprint density at radius 2 is 2.05 bits per heavy atom. The second kappa shape index (κ2) is 6.78. The van der Waals surface area contributed by atoms with E-state index in [1.165, 1.54) is 18.4 Å². The molecule has 1 aromatic carbocycles. The lowest BCUT2D eigenvalue weighted by Crippen LogP contribution is -2.24. The van der Waals surface area contributed by atoms with Gasteiger partial charge in [0.1, 0.15) is 11.5 Å². The van der Waals surface area contributed by atoms with Gasteiger partial charge in [0.2, 0.25) is 0 Å². The van der Waals surface area contributed by atoms with E-state index in [2.05, 4.69) is 5.32 Å². The minimum Gasteiger partial charge on any atom is -0.497 e. The van der Waals surface area contributed by atoms with Crippen molar-refractivity contribution in [1.82, 2.24) is 5.32 Å². The fourth-order valence-corrected chi connectivity index (χ4v) is 2.67. The van der Waals surface area contributed by atoms with Crippen molar-refractivity contribution in [3.05, 3.63) is 23.3 Å². The van der Waals surface area contributed by atoms with Gasteiger partial charge >= 0.3 is 0 Å². The summed E-state index contributed by atoms with van der Waals surface area (Å²) >= 11 is 0. The van der Waals surface area contributed by atoms with Gasteiger partial charge < -0.3 is 19.5 Å². The highest BCUT2D eigenvalue weighted by Gasteiger charge is 2.20. The molecule has 0 amide bonds. The maximum absolute atomic E-state index is 5.52. The zero-order valence-electron chi connectivity index (χ0n) is 12.0. The van der Waals surface area contributed by atoms with Gasteiger partial charge in [-0.05, 0) is 37.4 Å². The third-order valence-corrected chi connectivity index (χ3v) is 3.64. The van der Waals surface area contributed by atoms with Crippen LogP contribution in [-0.4, -0.2) is 33.9 Å². The quantitative estimate of drug-likeness (QED) is 0.855. The van der Waals surface area contributed by atoms with Crippen molar-refractivity contribution >= 4 is 0 Å². The Bertz CT molecular complexity index is 414. The molecule has 0 radical (unpaired) electrons. The summed E-state index contributed by atoms with van der Waals surface area (Å²) in [6, 6.07) is 4.53. The highest BCUT2D eigenvalue weighted by molar-refractivity contribution is 5.47. The number of benzene rings is 1. The van der Waals surface area contributed by atoms with E-state index in [0.29, 0.717) is 12.6 Å². The van der Waals surface area contributed by atoms with Crippen LogP contribution in [-0.2, 0) is 17.8 Å². The molecular formula is C15H23NO3. The van der Waals surface area contributed by atoms with Crippen LogP contribution in [0.2, 0.25) is 0 Å². The molecule has 4 heteroatoms. The third kappa shape index (κ3) is 3.39. The average molecular weight is 265 g/mol. The van der Waals surface area contributed by atoms with E-state index in [1.54, 1.807) is 21.3 Å². The lowest BCUT2D eigenvalue weighted by molar-refractivity contribution is 0.183. The number of nitrogens with one attached hydrogen (secondary N) is 1. The van der Waals surface area contributed by atoms with E-state index in [4.69, 9.17) is 14.2 Å². The molecule has 106 valence electrons. The van der Waals surface area contributed by atoms with Crippen LogP contribution in [0, 0.1) is 0 Å². The van der Waals surface area contributed by atoms with Crippen LogP contribution < -0.4 is 14.8 Å². The van der Waals surface area contributed by atoms with Crippen molar-refractivity contribution in [2.45, 2.75) is 31.9 Å². The van der Waals surface area contributed by atoms with Crippen LogP contribution in [0.4, 0.5) is 0 Å². The number of hydrogen-bond donors (Lipinski definition) is 1. The van der Waals surface area contributed by atoms with Gasteiger partial charge in [-0.3, -0.25) is 0 Å². The zero-order valence-corrected chi connectivity index (χ0v) is 12.0. The summed E-state index contributed by atoms with van der Waals surface area (Å²) in [6.07, 6.45) is 3.45. The molecule has 1 unspecified atom stereocenters. The number of rotatable bonds is 6. The standard InChI is InChI=1S/C15H23NO3/c1-17-10-11-7-13(18-2)9-15(19-3)14(11)8-12-5-4-6-16-12/h7,9,12,16H,4-6,8,10H2,1-3H3. The molecule has 1 aliphatic rings. The minimum atomic E-state index is 0.540. The molecule has 1 aromatic rings. The Morgan fingerprint density at radius 3 is 2.63 bits per heavy atom. The summed E-state index contributed by atoms with van der Waals surface area (Å²) in [6.45, 7) is 1.69. The zero-order chi connectivity index (χ0) is 13.7. The normalized spacial score (nSPS) is 18.6. The first-order chi connectivity index (χ1) is 9.28. The van der Waals surface area contributed by atoms with Crippen LogP contribution in [0.1, 0.15) is 24.0 Å². The molecule has 4 nitrogen and oxygen atoms in total. The fraction of sp³-hybridized carbons (Fsp3) is 0.600. The number of hydrogen-bond acceptors (Lipinski definition) is 4. The first-order valence-electron chi connectivity index (χ1n) is 6.74. The van der Waals surface area contributed by atoms with Crippen molar-refractivity contribution in [2.75, 3.05) is 27.9 Å². The van der Waals surface area contributed by atoms with Crippen molar-refractivity contribution in [3.8, 4) is 11.5 Å². The molecule has 1 N–H and O–H groups in total. The Morgan fingerprint density at radius 1 is 1.21 bits per heavy atom. The van der Waals surface area contributed by atoms with Gasteiger partial charge in [0.25, 0.3) is 0 Å². The molecule has 0 saturated carbocycles. The van der Waals surface area contributed by atoms with Gasteiger partial charge in [-0.1, -0.05) is 0 Å². The lowest BCUT2D eigenvalue weighted by Gasteiger charge is -2.18. The predicted octanol–water partition coefficient (Wildman–Crippen LogP) is 2.14. The molecule has 1 fully saturated rings. The molecule has 1 saturated heterocycles. The maximum atomic E-state index is 5.52. The first kappa shape index (κ1) is 14.2. The topological polar surface area (TPSA) is 39.7 Å². The summed E-state index contributed by atoms with van der Waals surface area (Å²) in [5.74, 6) is 1.70. The molecule has 0 spiro atoms. The van der Waals surface area contributed by atoms with E-state index >= 15 is 0 Å². The first-order valence-corrected chi connectivity index (χ1v) is 6.74. The van der Waals surface area contributed by atoms with Gasteiger partial charge in [-0.15, -0.1) is 0 Å². The van der Waals surface area contributed by atoms with Crippen molar-refractivity contribution in [3.63, 3.8) is 0 Å². The Kier molecular flexibility index (Phi) is 5.05. The second-order valence-electron chi connectivity index (χ2n) is 4.90. The van der Waals surface area contributed by atoms with Crippen LogP contribution in [0.25, 0.3) is 0 Å². The maximum Gasteiger partial charge on any atom is 0.126 e. The SMILES string of the molecule is COCc1cc(OC)cc(OC)c1CC1CCCN1. The van der Waals surface area contributed by atoms with Gasteiger partial charge in [-0.2, -0.15) is 0 Å². The predicted molar refractivity (Wildman–Crippen MR) is 75.0 cm³/mol. The Hall–Kier alpha value is -1.26. The van der Waals surface area contributed by atoms with Crippen LogP contribution in [0.15, 0.2) is 12.1 Å². The summed E-state index contributed by atoms with van der Waals surface area (Å²) < 4.78 is 16.1. The largest absolute Gasteiger partial charge is 0.497 e. The van der Waals surface area contributed by atoms with E-state index < -0.39 is 0 Å². The van der Waals surface area contributed by atoms with Crippen molar-refractivity contribution in [2.24, 2.45) is 0 Å². The molecule has 2 rings (SSSR count). The highest BCUT2D eigenvalue weighted by atomic mass is 16.5. The Balaban J connectivity index is 2.30. The smallest absolute Gasteiger partial charge is 0.126 e. The van der Waals surface area contributed by atoms with Crippen molar-refractivity contribution < 1.29 is 14.2 Å². The van der Waals surface area contributed by atoms with Crippen LogP contribution in [0.5, 0.6) is 11.5 Å². The number of ether oxygens (including phenoxy) is 3. The van der Waals surface area contributed by atoms with E-state index in [1.807, 2.05) is 12.1 Å². The van der Waals surface area contributed by atoms with E-state index in [9.17, 15) is 0 Å². The van der Waals surface area contributed by atoms with Gasteiger partial charge in [0, 0.05) is 24.8 Å². The fourth-order valence-electron chi connectivity index (χ4n) is 2.67. The van der Waals surface area contributed by atoms with Gasteiger partial charge in [0.15, 0.2) is 0 Å². The lowest BCUT2D eigenvalue weighted by atomic mass is 9.98. The Labute approximate surface area is 115 Å². The van der Waals surface area contributed by atoms with E-state index in [0.717, 1.165) is 30.0 Å². The van der Waals surface area contributed by atoms with Crippen molar-refractivity contribution in [1.29, 1.82) is 0 Å². The summed E-state index contributed by atoms with van der Waals surface area (Å²) in [5, 5.41) is 3.53. The number of methoxy groups -OCH3 is 3. The van der Waals surface area contributed by atoms with E-state index in [-0.39, 0.29) is 0 Å². The van der Waals surface area contributed by atoms with Crippen LogP contribution >= 0.6 is 0 Å². The van der Waals surface area contributed by atoms with Gasteiger partial charge in [0.05, 0.1) is 20.8 Å². The molecule has 1 heterocycles. The molecule has 19 heavy (non-hydrogen) atoms. The average Bonchev–Trinajstić information content (AvgIpc) is 2.93. The summed E-state index contributed by atoms with van der Waals surface area (Å²) in [7, 11) is 5.09. The molecule has 0 aromatic heterocycles. The molecule has 1 aliphatic heterocycles. The summed E-state index contributed by atoms with van der Waals surface area (Å²) in [4.78, 5) is 0. The molecule has 0 bridgehead atoms. The second-order valence-corrected chi connectivity index (χ2v) is 4.90.